The van der Waals surface area contributed by atoms with E-state index in [1.165, 1.54) is 36.9 Å². The van der Waals surface area contributed by atoms with Crippen LogP contribution in [-0.4, -0.2) is 31.6 Å². The van der Waals surface area contributed by atoms with Crippen molar-refractivity contribution >= 4 is 10.0 Å². The smallest absolute Gasteiger partial charge is 0.253 e. The number of ether oxygens (including phenoxy) is 1. The Morgan fingerprint density at radius 3 is 2.67 bits per heavy atom. The van der Waals surface area contributed by atoms with E-state index in [1.54, 1.807) is 18.2 Å². The van der Waals surface area contributed by atoms with Gasteiger partial charge in [0, 0.05) is 25.1 Å². The van der Waals surface area contributed by atoms with Crippen LogP contribution in [-0.2, 0) is 16.6 Å². The normalized spacial score (nSPS) is 15.2. The molecule has 8 heteroatoms. The lowest BCUT2D eigenvalue weighted by atomic mass is 10.0. The first-order chi connectivity index (χ1) is 12.9. The lowest BCUT2D eigenvalue weighted by Crippen LogP contribution is -2.31. The third-order valence-electron chi connectivity index (χ3n) is 4.93. The molecule has 0 radical (unpaired) electrons. The minimum Gasteiger partial charge on any atom is -0.495 e. The molecule has 1 N–H and O–H groups in total. The van der Waals surface area contributed by atoms with E-state index in [0.717, 1.165) is 24.1 Å². The van der Waals surface area contributed by atoms with Gasteiger partial charge in [-0.15, -0.1) is 0 Å². The molecule has 2 aromatic rings. The van der Waals surface area contributed by atoms with Crippen LogP contribution in [0.4, 0.5) is 0 Å². The Balaban J connectivity index is 1.66. The van der Waals surface area contributed by atoms with E-state index in [2.05, 4.69) is 9.71 Å². The van der Waals surface area contributed by atoms with Crippen molar-refractivity contribution in [1.29, 1.82) is 0 Å². The van der Waals surface area contributed by atoms with E-state index in [1.807, 2.05) is 6.92 Å². The Hall–Kier alpha value is -2.19. The zero-order chi connectivity index (χ0) is 19.4. The average molecular weight is 391 g/mol. The minimum atomic E-state index is -3.73. The van der Waals surface area contributed by atoms with Gasteiger partial charge in [-0.1, -0.05) is 18.9 Å². The number of aryl methyl sites for hydroxylation is 1. The second-order valence-electron chi connectivity index (χ2n) is 6.88. The van der Waals surface area contributed by atoms with Crippen molar-refractivity contribution in [2.24, 2.45) is 0 Å². The zero-order valence-corrected chi connectivity index (χ0v) is 16.5. The molecule has 146 valence electrons. The molecule has 0 aliphatic heterocycles. The van der Waals surface area contributed by atoms with Crippen molar-refractivity contribution in [2.75, 3.05) is 13.7 Å². The summed E-state index contributed by atoms with van der Waals surface area (Å²) in [6.07, 6.45) is 6.03. The van der Waals surface area contributed by atoms with Crippen molar-refractivity contribution in [1.82, 2.24) is 14.3 Å². The first kappa shape index (κ1) is 19.6. The summed E-state index contributed by atoms with van der Waals surface area (Å²) in [7, 11) is -2.30. The number of hydrogen-bond donors (Lipinski definition) is 1. The summed E-state index contributed by atoms with van der Waals surface area (Å²) < 4.78 is 34.2. The number of hydrogen-bond acceptors (Lipinski definition) is 5. The largest absolute Gasteiger partial charge is 0.495 e. The lowest BCUT2D eigenvalue weighted by molar-refractivity contribution is 0.402. The second kappa shape index (κ2) is 8.22. The molecule has 0 atom stereocenters. The van der Waals surface area contributed by atoms with Crippen LogP contribution in [0.5, 0.6) is 5.75 Å². The van der Waals surface area contributed by atoms with E-state index in [4.69, 9.17) is 4.74 Å². The van der Waals surface area contributed by atoms with Gasteiger partial charge in [-0.25, -0.2) is 18.1 Å². The van der Waals surface area contributed by atoms with Gasteiger partial charge < -0.3 is 4.74 Å². The van der Waals surface area contributed by atoms with Crippen LogP contribution in [0.3, 0.4) is 0 Å². The molecule has 7 nitrogen and oxygen atoms in total. The van der Waals surface area contributed by atoms with E-state index < -0.39 is 10.0 Å². The van der Waals surface area contributed by atoms with Crippen LogP contribution in [0.1, 0.15) is 42.9 Å². The molecule has 1 aromatic carbocycles. The molecule has 0 amide bonds. The molecule has 0 bridgehead atoms. The number of methoxy groups -OCH3 is 1. The molecule has 1 aliphatic carbocycles. The Morgan fingerprint density at radius 2 is 2.00 bits per heavy atom. The van der Waals surface area contributed by atoms with Crippen molar-refractivity contribution < 1.29 is 13.2 Å². The van der Waals surface area contributed by atoms with Crippen LogP contribution >= 0.6 is 0 Å². The molecule has 1 fully saturated rings. The maximum absolute atomic E-state index is 12.5. The summed E-state index contributed by atoms with van der Waals surface area (Å²) in [5.41, 5.74) is 1.60. The summed E-state index contributed by atoms with van der Waals surface area (Å²) in [5.74, 6) is 0.669. The predicted octanol–water partition coefficient (Wildman–Crippen LogP) is 2.20. The number of rotatable bonds is 7. The molecule has 1 aliphatic rings. The van der Waals surface area contributed by atoms with Crippen LogP contribution in [0.2, 0.25) is 0 Å². The van der Waals surface area contributed by atoms with Crippen molar-refractivity contribution in [2.45, 2.75) is 50.0 Å². The van der Waals surface area contributed by atoms with Gasteiger partial charge in [-0.3, -0.25) is 9.36 Å². The van der Waals surface area contributed by atoms with Crippen LogP contribution < -0.4 is 15.0 Å². The second-order valence-corrected chi connectivity index (χ2v) is 8.61. The monoisotopic (exact) mass is 391 g/mol. The maximum atomic E-state index is 12.5. The summed E-state index contributed by atoms with van der Waals surface area (Å²) in [6, 6.07) is 6.48. The standard InChI is InChI=1S/C19H25N3O4S/c1-14-7-8-18(17(11-14)26-2)27(24,25)21-9-10-22-13-20-16(12-19(22)23)15-5-3-4-6-15/h7-8,11-13,15,21H,3-6,9-10H2,1-2H3. The van der Waals surface area contributed by atoms with E-state index in [-0.39, 0.29) is 23.5 Å². The first-order valence-corrected chi connectivity index (χ1v) is 10.6. The quantitative estimate of drug-likeness (QED) is 0.781. The highest BCUT2D eigenvalue weighted by atomic mass is 32.2. The molecular formula is C19H25N3O4S. The lowest BCUT2D eigenvalue weighted by Gasteiger charge is -2.13. The highest BCUT2D eigenvalue weighted by Crippen LogP contribution is 2.32. The van der Waals surface area contributed by atoms with Crippen LogP contribution in [0.25, 0.3) is 0 Å². The van der Waals surface area contributed by atoms with Crippen molar-refractivity contribution in [3.63, 3.8) is 0 Å². The third kappa shape index (κ3) is 4.56. The number of sulfonamides is 1. The molecule has 27 heavy (non-hydrogen) atoms. The summed E-state index contributed by atoms with van der Waals surface area (Å²) in [6.45, 7) is 2.16. The topological polar surface area (TPSA) is 90.3 Å². The summed E-state index contributed by atoms with van der Waals surface area (Å²) >= 11 is 0. The Bertz CT molecular complexity index is 963. The van der Waals surface area contributed by atoms with Gasteiger partial charge in [0.25, 0.3) is 5.56 Å². The van der Waals surface area contributed by atoms with Gasteiger partial charge in [-0.05, 0) is 37.5 Å². The van der Waals surface area contributed by atoms with Gasteiger partial charge in [0.1, 0.15) is 10.6 Å². The van der Waals surface area contributed by atoms with Crippen LogP contribution in [0.15, 0.2) is 40.3 Å². The maximum Gasteiger partial charge on any atom is 0.253 e. The van der Waals surface area contributed by atoms with Gasteiger partial charge in [0.2, 0.25) is 10.0 Å². The fraction of sp³-hybridized carbons (Fsp3) is 0.474. The fourth-order valence-corrected chi connectivity index (χ4v) is 4.60. The molecule has 0 spiro atoms. The minimum absolute atomic E-state index is 0.0812. The predicted molar refractivity (Wildman–Crippen MR) is 103 cm³/mol. The first-order valence-electron chi connectivity index (χ1n) is 9.11. The van der Waals surface area contributed by atoms with Gasteiger partial charge in [0.05, 0.1) is 19.1 Å². The molecule has 1 aromatic heterocycles. The average Bonchev–Trinajstić information content (AvgIpc) is 3.17. The van der Waals surface area contributed by atoms with Gasteiger partial charge in [0.15, 0.2) is 0 Å². The van der Waals surface area contributed by atoms with Crippen LogP contribution in [0, 0.1) is 6.92 Å². The van der Waals surface area contributed by atoms with E-state index in [0.29, 0.717) is 11.7 Å². The van der Waals surface area contributed by atoms with Gasteiger partial charge >= 0.3 is 0 Å². The van der Waals surface area contributed by atoms with Crippen molar-refractivity contribution in [3.05, 3.63) is 52.2 Å². The number of nitrogens with one attached hydrogen (secondary N) is 1. The van der Waals surface area contributed by atoms with E-state index >= 15 is 0 Å². The molecule has 1 heterocycles. The Labute approximate surface area is 159 Å². The highest BCUT2D eigenvalue weighted by Gasteiger charge is 2.20. The number of nitrogens with zero attached hydrogens (tertiary/aromatic N) is 2. The highest BCUT2D eigenvalue weighted by molar-refractivity contribution is 7.89. The third-order valence-corrected chi connectivity index (χ3v) is 6.43. The Kier molecular flexibility index (Phi) is 5.96. The molecule has 0 unspecified atom stereocenters. The number of aromatic nitrogens is 2. The fourth-order valence-electron chi connectivity index (χ4n) is 3.43. The zero-order valence-electron chi connectivity index (χ0n) is 15.6. The number of benzene rings is 1. The molecule has 1 saturated carbocycles. The van der Waals surface area contributed by atoms with Crippen molar-refractivity contribution in [3.8, 4) is 5.75 Å². The SMILES string of the molecule is COc1cc(C)ccc1S(=O)(=O)NCCn1cnc(C2CCCC2)cc1=O. The summed E-state index contributed by atoms with van der Waals surface area (Å²) in [4.78, 5) is 16.8. The van der Waals surface area contributed by atoms with Gasteiger partial charge in [-0.2, -0.15) is 0 Å². The molecular weight excluding hydrogens is 366 g/mol. The summed E-state index contributed by atoms with van der Waals surface area (Å²) in [5, 5.41) is 0. The molecule has 0 saturated heterocycles. The molecule has 3 rings (SSSR count). The van der Waals surface area contributed by atoms with E-state index in [9.17, 15) is 13.2 Å². The Morgan fingerprint density at radius 1 is 1.26 bits per heavy atom.